The quantitative estimate of drug-likeness (QED) is 0.197. The van der Waals surface area contributed by atoms with Gasteiger partial charge in [-0.2, -0.15) is 0 Å². The average Bonchev–Trinajstić information content (AvgIpc) is 3.06. The second-order valence-corrected chi connectivity index (χ2v) is 7.86. The van der Waals surface area contributed by atoms with E-state index in [-0.39, 0.29) is 5.88 Å². The van der Waals surface area contributed by atoms with E-state index in [0.29, 0.717) is 23.5 Å². The summed E-state index contributed by atoms with van der Waals surface area (Å²) in [6.07, 6.45) is -1.18. The van der Waals surface area contributed by atoms with Crippen molar-refractivity contribution in [3.05, 3.63) is 17.0 Å². The van der Waals surface area contributed by atoms with Crippen LogP contribution in [0.1, 0.15) is 0 Å². The first kappa shape index (κ1) is 17.0. The van der Waals surface area contributed by atoms with Crippen molar-refractivity contribution < 1.29 is 24.2 Å². The molecule has 10 nitrogen and oxygen atoms in total. The van der Waals surface area contributed by atoms with Crippen LogP contribution in [0, 0.1) is 0 Å². The first-order chi connectivity index (χ1) is 11.5. The van der Waals surface area contributed by atoms with Crippen LogP contribution in [0.4, 0.5) is 4.79 Å². The van der Waals surface area contributed by atoms with Gasteiger partial charge in [-0.05, 0) is 0 Å². The van der Waals surface area contributed by atoms with Crippen molar-refractivity contribution in [2.24, 2.45) is 5.73 Å². The zero-order valence-corrected chi connectivity index (χ0v) is 14.3. The van der Waals surface area contributed by atoms with Crippen molar-refractivity contribution in [1.29, 1.82) is 0 Å². The first-order valence-corrected chi connectivity index (χ1v) is 9.36. The molecule has 1 saturated heterocycles. The van der Waals surface area contributed by atoms with Gasteiger partial charge in [-0.15, -0.1) is 22.0 Å². The lowest BCUT2D eigenvalue weighted by molar-refractivity contribution is -0.157. The van der Waals surface area contributed by atoms with Gasteiger partial charge < -0.3 is 15.2 Å². The highest BCUT2D eigenvalue weighted by Gasteiger charge is 2.63. The van der Waals surface area contributed by atoms with Crippen LogP contribution in [-0.4, -0.2) is 61.2 Å². The molecule has 13 heteroatoms. The van der Waals surface area contributed by atoms with Crippen molar-refractivity contribution >= 4 is 53.3 Å². The smallest absolute Gasteiger partial charge is 0.449 e. The molecule has 3 rings (SSSR count). The monoisotopic (exact) mass is 389 g/mol. The fraction of sp³-hybridized carbons (Fsp3) is 0.364. The number of thioether (sulfide) groups is 2. The summed E-state index contributed by atoms with van der Waals surface area (Å²) in [5.41, 5.74) is 6.55. The van der Waals surface area contributed by atoms with Gasteiger partial charge in [-0.25, -0.2) is 4.79 Å². The Morgan fingerprint density at radius 2 is 2.50 bits per heavy atom. The maximum Gasteiger partial charge on any atom is 0.512 e. The molecule has 4 N–H and O–H groups in total. The van der Waals surface area contributed by atoms with Crippen LogP contribution in [0.5, 0.6) is 0 Å². The number of nitrogens with two attached hydrogens (primary N) is 1. The Labute approximate surface area is 147 Å². The molecule has 2 aliphatic rings. The summed E-state index contributed by atoms with van der Waals surface area (Å²) in [6, 6.07) is 0. The zero-order chi connectivity index (χ0) is 17.3. The van der Waals surface area contributed by atoms with Crippen LogP contribution in [0.2, 0.25) is 0 Å². The Hall–Kier alpha value is -1.83. The van der Waals surface area contributed by atoms with Gasteiger partial charge in [0.05, 0.1) is 0 Å². The molecule has 0 spiro atoms. The fourth-order valence-electron chi connectivity index (χ4n) is 2.28. The van der Waals surface area contributed by atoms with Crippen molar-refractivity contribution in [2.75, 3.05) is 11.5 Å². The molecule has 0 radical (unpaired) electrons. The predicted molar refractivity (Wildman–Crippen MR) is 86.0 cm³/mol. The lowest BCUT2D eigenvalue weighted by atomic mass is 9.99. The molecule has 0 aromatic carbocycles. The molecule has 3 heterocycles. The number of ether oxygens (including phenoxy) is 1. The van der Waals surface area contributed by atoms with E-state index in [1.807, 2.05) is 0 Å². The molecule has 24 heavy (non-hydrogen) atoms. The summed E-state index contributed by atoms with van der Waals surface area (Å²) in [5.74, 6) is 0.117. The number of rotatable bonds is 6. The molecule has 0 saturated carbocycles. The van der Waals surface area contributed by atoms with E-state index >= 15 is 0 Å². The maximum absolute atomic E-state index is 12.3. The minimum absolute atomic E-state index is 0.0537. The number of carbonyl (C=O) groups excluding carboxylic acids is 2. The van der Waals surface area contributed by atoms with Crippen molar-refractivity contribution in [2.45, 2.75) is 15.4 Å². The van der Waals surface area contributed by atoms with Gasteiger partial charge in [0, 0.05) is 17.1 Å². The van der Waals surface area contributed by atoms with Gasteiger partial charge >= 0.3 is 6.16 Å². The molecule has 1 aromatic heterocycles. The average molecular weight is 389 g/mol. The lowest BCUT2D eigenvalue weighted by Crippen LogP contribution is -2.83. The van der Waals surface area contributed by atoms with E-state index in [1.54, 1.807) is 5.51 Å². The van der Waals surface area contributed by atoms with E-state index < -0.39 is 23.1 Å². The van der Waals surface area contributed by atoms with E-state index in [2.05, 4.69) is 15.5 Å². The number of carbonyl (C=O) groups is 3. The number of hydrogen-bond donors (Lipinski definition) is 3. The van der Waals surface area contributed by atoms with E-state index in [1.165, 1.54) is 34.9 Å². The van der Waals surface area contributed by atoms with Gasteiger partial charge in [0.25, 0.3) is 5.91 Å². The summed E-state index contributed by atoms with van der Waals surface area (Å²) < 4.78 is 5.54. The van der Waals surface area contributed by atoms with Gasteiger partial charge in [0.15, 0.2) is 4.34 Å². The van der Waals surface area contributed by atoms with Crippen LogP contribution in [-0.2, 0) is 14.3 Å². The zero-order valence-electron chi connectivity index (χ0n) is 11.9. The van der Waals surface area contributed by atoms with Crippen LogP contribution < -0.4 is 11.1 Å². The van der Waals surface area contributed by atoms with Gasteiger partial charge in [-0.3, -0.25) is 20.2 Å². The highest BCUT2D eigenvalue weighted by Crippen LogP contribution is 2.44. The third-order valence-corrected chi connectivity index (χ3v) is 6.69. The Morgan fingerprint density at radius 1 is 1.71 bits per heavy atom. The van der Waals surface area contributed by atoms with Crippen molar-refractivity contribution in [3.8, 4) is 0 Å². The highest BCUT2D eigenvalue weighted by atomic mass is 32.2. The normalized spacial score (nSPS) is 25.8. The molecule has 1 fully saturated rings. The number of nitrogens with zero attached hydrogens (tertiary/aromatic N) is 3. The largest absolute Gasteiger partial charge is 0.512 e. The predicted octanol–water partition coefficient (Wildman–Crippen LogP) is -0.148. The van der Waals surface area contributed by atoms with E-state index in [9.17, 15) is 14.4 Å². The second kappa shape index (κ2) is 6.58. The molecular formula is C11H11N5O5S3. The van der Waals surface area contributed by atoms with Crippen LogP contribution in [0.15, 0.2) is 21.3 Å². The van der Waals surface area contributed by atoms with E-state index in [0.717, 1.165) is 9.24 Å². The van der Waals surface area contributed by atoms with Crippen LogP contribution >= 0.6 is 34.9 Å². The molecular weight excluding hydrogens is 378 g/mol. The topological polar surface area (TPSA) is 148 Å². The number of hydrogen-bond acceptors (Lipinski definition) is 10. The van der Waals surface area contributed by atoms with Crippen LogP contribution in [0.3, 0.4) is 0 Å². The maximum atomic E-state index is 12.3. The Balaban J connectivity index is 1.84. The molecule has 0 bridgehead atoms. The number of nitrogens with one attached hydrogen (secondary N) is 1. The van der Waals surface area contributed by atoms with E-state index in [4.69, 9.17) is 15.6 Å². The number of fused-ring (bicyclic) bond motifs is 1. The highest BCUT2D eigenvalue weighted by molar-refractivity contribution is 8.01. The van der Waals surface area contributed by atoms with Crippen LogP contribution in [0.25, 0.3) is 0 Å². The number of amides is 2. The standard InChI is InChI=1S/C11H11N5O5S3/c12-11(13-3-17)7(18)16-6(21-10(19)20)5(1-22-8(11)16)2-23-9-15-14-4-24-9/h3-4,8H,1-2,12H2,(H,13,17)(H,19,20)/t8-,11-/m0/s1. The first-order valence-electron chi connectivity index (χ1n) is 6.44. The minimum Gasteiger partial charge on any atom is -0.449 e. The third kappa shape index (κ3) is 2.83. The number of aromatic nitrogens is 2. The molecule has 128 valence electrons. The minimum atomic E-state index is -1.56. The van der Waals surface area contributed by atoms with Crippen molar-refractivity contribution in [1.82, 2.24) is 20.4 Å². The Morgan fingerprint density at radius 3 is 3.12 bits per heavy atom. The summed E-state index contributed by atoms with van der Waals surface area (Å²) in [4.78, 5) is 35.1. The Bertz CT molecular complexity index is 711. The van der Waals surface area contributed by atoms with Gasteiger partial charge in [-0.1, -0.05) is 23.1 Å². The van der Waals surface area contributed by atoms with Gasteiger partial charge in [0.1, 0.15) is 10.9 Å². The molecule has 2 aliphatic heterocycles. The summed E-state index contributed by atoms with van der Waals surface area (Å²) >= 11 is 4.04. The molecule has 0 aliphatic carbocycles. The molecule has 0 unspecified atom stereocenters. The fourth-order valence-corrected chi connectivity index (χ4v) is 5.25. The summed E-state index contributed by atoms with van der Waals surface area (Å²) in [6.45, 7) is 0. The third-order valence-electron chi connectivity index (χ3n) is 3.33. The summed E-state index contributed by atoms with van der Waals surface area (Å²) in [7, 11) is 0. The second-order valence-electron chi connectivity index (χ2n) is 4.74. The SMILES string of the molecule is N[C@]1(NC=O)C(=O)N2C(OC(=O)O)=C(CSc3nncs3)CS[C@H]21. The Kier molecular flexibility index (Phi) is 4.67. The molecule has 1 aromatic rings. The molecule has 2 atom stereocenters. The van der Waals surface area contributed by atoms with Gasteiger partial charge in [0.2, 0.25) is 18.0 Å². The molecule has 2 amide bonds. The number of carboxylic acid groups (broad SMARTS) is 1. The van der Waals surface area contributed by atoms with Crippen molar-refractivity contribution in [3.63, 3.8) is 0 Å². The number of β-lactam (4-membered cyclic amide) rings is 1. The lowest BCUT2D eigenvalue weighted by Gasteiger charge is -2.54. The summed E-state index contributed by atoms with van der Waals surface area (Å²) in [5, 5.41) is 18.2.